The highest BCUT2D eigenvalue weighted by Gasteiger charge is 2.13. The number of carbonyl (C=O) groups excluding carboxylic acids is 1. The Balaban J connectivity index is 1.76. The van der Waals surface area contributed by atoms with Crippen LogP contribution in [0.5, 0.6) is 0 Å². The number of aryl methyl sites for hydroxylation is 1. The van der Waals surface area contributed by atoms with E-state index in [0.717, 1.165) is 15.8 Å². The van der Waals surface area contributed by atoms with Gasteiger partial charge in [-0.25, -0.2) is 4.68 Å². The summed E-state index contributed by atoms with van der Waals surface area (Å²) in [6, 6.07) is 12.5. The number of amides is 1. The van der Waals surface area contributed by atoms with Crippen LogP contribution in [0.15, 0.2) is 47.3 Å². The van der Waals surface area contributed by atoms with Gasteiger partial charge in [0.25, 0.3) is 5.56 Å². The monoisotopic (exact) mass is 356 g/mol. The van der Waals surface area contributed by atoms with E-state index in [0.29, 0.717) is 15.9 Å². The largest absolute Gasteiger partial charge is 0.348 e. The maximum atomic E-state index is 12.4. The Hall–Kier alpha value is -2.73. The molecule has 0 bridgehead atoms. The SMILES string of the molecule is Cc1ccc(C(C)NC(=O)Cn2nnc3ccc(Cl)cc3c2=O)cc1. The molecule has 0 aliphatic heterocycles. The standard InChI is InChI=1S/C18H17ClN4O2/c1-11-3-5-13(6-4-11)12(2)20-17(24)10-23-18(25)15-9-14(19)7-8-16(15)21-22-23/h3-9,12H,10H2,1-2H3,(H,20,24). The van der Waals surface area contributed by atoms with Crippen LogP contribution in [-0.4, -0.2) is 20.9 Å². The van der Waals surface area contributed by atoms with Crippen molar-refractivity contribution >= 4 is 28.4 Å². The van der Waals surface area contributed by atoms with E-state index in [2.05, 4.69) is 15.6 Å². The first-order valence-corrected chi connectivity index (χ1v) is 8.21. The Morgan fingerprint density at radius 3 is 2.68 bits per heavy atom. The third-order valence-corrected chi connectivity index (χ3v) is 4.17. The molecule has 0 saturated heterocycles. The number of carbonyl (C=O) groups is 1. The highest BCUT2D eigenvalue weighted by atomic mass is 35.5. The average molecular weight is 357 g/mol. The molecule has 128 valence electrons. The summed E-state index contributed by atoms with van der Waals surface area (Å²) >= 11 is 5.92. The highest BCUT2D eigenvalue weighted by molar-refractivity contribution is 6.31. The van der Waals surface area contributed by atoms with Crippen molar-refractivity contribution in [3.63, 3.8) is 0 Å². The van der Waals surface area contributed by atoms with Crippen LogP contribution in [0.3, 0.4) is 0 Å². The second kappa shape index (κ2) is 7.03. The van der Waals surface area contributed by atoms with E-state index in [1.54, 1.807) is 12.1 Å². The average Bonchev–Trinajstić information content (AvgIpc) is 2.58. The highest BCUT2D eigenvalue weighted by Crippen LogP contribution is 2.14. The zero-order chi connectivity index (χ0) is 18.0. The molecule has 1 N–H and O–H groups in total. The molecule has 0 fully saturated rings. The number of benzene rings is 2. The first-order chi connectivity index (χ1) is 11.9. The van der Waals surface area contributed by atoms with Crippen molar-refractivity contribution in [2.24, 2.45) is 0 Å². The molecule has 0 radical (unpaired) electrons. The van der Waals surface area contributed by atoms with Gasteiger partial charge in [-0.2, -0.15) is 0 Å². The van der Waals surface area contributed by atoms with Gasteiger partial charge in [0.05, 0.1) is 11.4 Å². The minimum atomic E-state index is -0.398. The van der Waals surface area contributed by atoms with Crippen LogP contribution in [0.2, 0.25) is 5.02 Å². The van der Waals surface area contributed by atoms with Crippen molar-refractivity contribution in [3.8, 4) is 0 Å². The van der Waals surface area contributed by atoms with Gasteiger partial charge in [0.2, 0.25) is 5.91 Å². The molecule has 0 aliphatic rings. The molecule has 1 aromatic heterocycles. The number of nitrogens with one attached hydrogen (secondary N) is 1. The van der Waals surface area contributed by atoms with Crippen molar-refractivity contribution in [1.29, 1.82) is 0 Å². The summed E-state index contributed by atoms with van der Waals surface area (Å²) in [5, 5.41) is 11.4. The molecule has 1 heterocycles. The zero-order valence-electron chi connectivity index (χ0n) is 13.9. The van der Waals surface area contributed by atoms with Gasteiger partial charge in [0.15, 0.2) is 0 Å². The topological polar surface area (TPSA) is 76.9 Å². The van der Waals surface area contributed by atoms with Crippen molar-refractivity contribution in [3.05, 3.63) is 69.0 Å². The first-order valence-electron chi connectivity index (χ1n) is 7.83. The summed E-state index contributed by atoms with van der Waals surface area (Å²) < 4.78 is 1.04. The molecule has 3 aromatic rings. The summed E-state index contributed by atoms with van der Waals surface area (Å²) in [5.41, 5.74) is 2.19. The van der Waals surface area contributed by atoms with E-state index in [1.807, 2.05) is 38.1 Å². The van der Waals surface area contributed by atoms with Gasteiger partial charge in [-0.3, -0.25) is 9.59 Å². The predicted molar refractivity (Wildman–Crippen MR) is 96.5 cm³/mol. The van der Waals surface area contributed by atoms with Crippen molar-refractivity contribution in [1.82, 2.24) is 20.3 Å². The molecule has 3 rings (SSSR count). The molecule has 0 saturated carbocycles. The van der Waals surface area contributed by atoms with Crippen LogP contribution in [-0.2, 0) is 11.3 Å². The second-order valence-corrected chi connectivity index (χ2v) is 6.35. The van der Waals surface area contributed by atoms with E-state index in [9.17, 15) is 9.59 Å². The van der Waals surface area contributed by atoms with Gasteiger partial charge in [-0.15, -0.1) is 5.10 Å². The smallest absolute Gasteiger partial charge is 0.278 e. The van der Waals surface area contributed by atoms with Crippen LogP contribution < -0.4 is 10.9 Å². The lowest BCUT2D eigenvalue weighted by atomic mass is 10.1. The zero-order valence-corrected chi connectivity index (χ0v) is 14.6. The number of rotatable bonds is 4. The van der Waals surface area contributed by atoms with Gasteiger partial charge < -0.3 is 5.32 Å². The number of fused-ring (bicyclic) bond motifs is 1. The van der Waals surface area contributed by atoms with Crippen molar-refractivity contribution in [2.75, 3.05) is 0 Å². The number of nitrogens with zero attached hydrogens (tertiary/aromatic N) is 3. The fourth-order valence-electron chi connectivity index (χ4n) is 2.51. The van der Waals surface area contributed by atoms with E-state index in [4.69, 9.17) is 11.6 Å². The Morgan fingerprint density at radius 1 is 1.24 bits per heavy atom. The maximum Gasteiger partial charge on any atom is 0.278 e. The quantitative estimate of drug-likeness (QED) is 0.779. The fourth-order valence-corrected chi connectivity index (χ4v) is 2.69. The van der Waals surface area contributed by atoms with E-state index in [-0.39, 0.29) is 18.5 Å². The van der Waals surface area contributed by atoms with Crippen LogP contribution in [0, 0.1) is 6.92 Å². The van der Waals surface area contributed by atoms with Crippen LogP contribution in [0.1, 0.15) is 24.1 Å². The summed E-state index contributed by atoms with van der Waals surface area (Å²) in [5.74, 6) is -0.314. The Bertz CT molecular complexity index is 983. The summed E-state index contributed by atoms with van der Waals surface area (Å²) in [6.45, 7) is 3.69. The maximum absolute atomic E-state index is 12.4. The van der Waals surface area contributed by atoms with Gasteiger partial charge in [0.1, 0.15) is 12.1 Å². The molecule has 7 heteroatoms. The summed E-state index contributed by atoms with van der Waals surface area (Å²) in [6.07, 6.45) is 0. The molecular weight excluding hydrogens is 340 g/mol. The Labute approximate surface area is 149 Å². The molecule has 1 atom stereocenters. The number of halogens is 1. The molecule has 2 aromatic carbocycles. The minimum Gasteiger partial charge on any atom is -0.348 e. The first kappa shape index (κ1) is 17.1. The fraction of sp³-hybridized carbons (Fsp3) is 0.222. The predicted octanol–water partition coefficient (Wildman–Crippen LogP) is 2.63. The molecular formula is C18H17ClN4O2. The third kappa shape index (κ3) is 3.85. The van der Waals surface area contributed by atoms with Gasteiger partial charge >= 0.3 is 0 Å². The summed E-state index contributed by atoms with van der Waals surface area (Å²) in [7, 11) is 0. The molecule has 1 unspecified atom stereocenters. The van der Waals surface area contributed by atoms with Crippen molar-refractivity contribution in [2.45, 2.75) is 26.4 Å². The number of aromatic nitrogens is 3. The molecule has 1 amide bonds. The lowest BCUT2D eigenvalue weighted by molar-refractivity contribution is -0.122. The number of hydrogen-bond acceptors (Lipinski definition) is 4. The Kier molecular flexibility index (Phi) is 4.81. The molecule has 6 nitrogen and oxygen atoms in total. The second-order valence-electron chi connectivity index (χ2n) is 5.91. The summed E-state index contributed by atoms with van der Waals surface area (Å²) in [4.78, 5) is 24.7. The van der Waals surface area contributed by atoms with Gasteiger partial charge in [-0.1, -0.05) is 46.6 Å². The van der Waals surface area contributed by atoms with E-state index < -0.39 is 5.56 Å². The minimum absolute atomic E-state index is 0.174. The van der Waals surface area contributed by atoms with Gasteiger partial charge in [0, 0.05) is 5.02 Å². The van der Waals surface area contributed by atoms with Crippen LogP contribution in [0.25, 0.3) is 10.9 Å². The van der Waals surface area contributed by atoms with Crippen molar-refractivity contribution < 1.29 is 4.79 Å². The Morgan fingerprint density at radius 2 is 1.96 bits per heavy atom. The molecule has 0 spiro atoms. The lowest BCUT2D eigenvalue weighted by Crippen LogP contribution is -2.35. The third-order valence-electron chi connectivity index (χ3n) is 3.93. The lowest BCUT2D eigenvalue weighted by Gasteiger charge is -2.14. The van der Waals surface area contributed by atoms with E-state index in [1.165, 1.54) is 6.07 Å². The van der Waals surface area contributed by atoms with E-state index >= 15 is 0 Å². The van der Waals surface area contributed by atoms with Crippen LogP contribution >= 0.6 is 11.6 Å². The van der Waals surface area contributed by atoms with Crippen LogP contribution in [0.4, 0.5) is 0 Å². The van der Waals surface area contributed by atoms with Gasteiger partial charge in [-0.05, 0) is 37.6 Å². The molecule has 0 aliphatic carbocycles. The number of hydrogen-bond donors (Lipinski definition) is 1. The normalized spacial score (nSPS) is 12.1. The molecule has 25 heavy (non-hydrogen) atoms.